The number of methoxy groups -OCH3 is 1. The molecule has 1 atom stereocenters. The minimum atomic E-state index is 0.144. The van der Waals surface area contributed by atoms with E-state index in [1.165, 1.54) is 0 Å². The first-order valence-electron chi connectivity index (χ1n) is 6.33. The Labute approximate surface area is 109 Å². The van der Waals surface area contributed by atoms with Crippen LogP contribution >= 0.6 is 0 Å². The van der Waals surface area contributed by atoms with E-state index in [1.807, 2.05) is 25.1 Å². The predicted molar refractivity (Wildman–Crippen MR) is 71.8 cm³/mol. The number of nitrogens with one attached hydrogen (secondary N) is 1. The number of phenols is 1. The van der Waals surface area contributed by atoms with E-state index in [0.717, 1.165) is 25.1 Å². The molecule has 102 valence electrons. The number of phenolic OH excluding ortho intramolecular Hbond substituents is 1. The molecule has 1 aromatic carbocycles. The van der Waals surface area contributed by atoms with E-state index in [2.05, 4.69) is 5.32 Å². The van der Waals surface area contributed by atoms with Gasteiger partial charge in [-0.1, -0.05) is 18.2 Å². The minimum absolute atomic E-state index is 0.144. The zero-order valence-electron chi connectivity index (χ0n) is 11.2. The number of rotatable bonds is 9. The van der Waals surface area contributed by atoms with Gasteiger partial charge in [0, 0.05) is 25.3 Å². The average Bonchev–Trinajstić information content (AvgIpc) is 2.38. The van der Waals surface area contributed by atoms with E-state index < -0.39 is 0 Å². The molecule has 2 N–H and O–H groups in total. The van der Waals surface area contributed by atoms with Crippen LogP contribution in [0, 0.1) is 0 Å². The maximum absolute atomic E-state index is 9.70. The summed E-state index contributed by atoms with van der Waals surface area (Å²) in [7, 11) is 1.67. The highest BCUT2D eigenvalue weighted by Gasteiger charge is 2.07. The normalized spacial score (nSPS) is 12.6. The van der Waals surface area contributed by atoms with E-state index in [9.17, 15) is 5.11 Å². The maximum atomic E-state index is 9.70. The van der Waals surface area contributed by atoms with Crippen molar-refractivity contribution in [3.63, 3.8) is 0 Å². The van der Waals surface area contributed by atoms with Crippen LogP contribution in [0.15, 0.2) is 24.3 Å². The van der Waals surface area contributed by atoms with Crippen molar-refractivity contribution in [1.82, 2.24) is 5.32 Å². The van der Waals surface area contributed by atoms with Crippen molar-refractivity contribution in [2.75, 3.05) is 33.5 Å². The largest absolute Gasteiger partial charge is 0.508 e. The third-order valence-corrected chi connectivity index (χ3v) is 2.75. The summed E-state index contributed by atoms with van der Waals surface area (Å²) in [6.45, 7) is 4.92. The lowest BCUT2D eigenvalue weighted by atomic mass is 10.1. The van der Waals surface area contributed by atoms with Gasteiger partial charge in [-0.05, 0) is 26.0 Å². The fraction of sp³-hybridized carbons (Fsp3) is 0.571. The average molecular weight is 253 g/mol. The quantitative estimate of drug-likeness (QED) is 0.662. The maximum Gasteiger partial charge on any atom is 0.120 e. The first-order valence-corrected chi connectivity index (χ1v) is 6.33. The molecule has 0 bridgehead atoms. The van der Waals surface area contributed by atoms with Crippen LogP contribution in [0.25, 0.3) is 0 Å². The van der Waals surface area contributed by atoms with E-state index in [0.29, 0.717) is 19.0 Å². The molecule has 0 aliphatic heterocycles. The van der Waals surface area contributed by atoms with Gasteiger partial charge in [-0.15, -0.1) is 0 Å². The monoisotopic (exact) mass is 253 g/mol. The molecule has 4 heteroatoms. The molecule has 0 aliphatic rings. The van der Waals surface area contributed by atoms with Crippen molar-refractivity contribution in [3.05, 3.63) is 29.8 Å². The highest BCUT2D eigenvalue weighted by atomic mass is 16.5. The van der Waals surface area contributed by atoms with Gasteiger partial charge in [0.05, 0.1) is 13.2 Å². The summed E-state index contributed by atoms with van der Waals surface area (Å²) in [4.78, 5) is 0. The van der Waals surface area contributed by atoms with Gasteiger partial charge in [0.25, 0.3) is 0 Å². The Morgan fingerprint density at radius 2 is 2.00 bits per heavy atom. The summed E-state index contributed by atoms with van der Waals surface area (Å²) in [5, 5.41) is 13.1. The first kappa shape index (κ1) is 15.0. The second kappa shape index (κ2) is 8.91. The van der Waals surface area contributed by atoms with E-state index in [1.54, 1.807) is 13.2 Å². The fourth-order valence-electron chi connectivity index (χ4n) is 1.70. The summed E-state index contributed by atoms with van der Waals surface area (Å²) in [6.07, 6.45) is 0.946. The number of hydrogen-bond donors (Lipinski definition) is 2. The van der Waals surface area contributed by atoms with Crippen molar-refractivity contribution in [2.45, 2.75) is 19.4 Å². The Hall–Kier alpha value is -1.10. The Bertz CT molecular complexity index is 331. The first-order chi connectivity index (χ1) is 8.75. The van der Waals surface area contributed by atoms with Gasteiger partial charge in [-0.3, -0.25) is 0 Å². The molecule has 0 aliphatic carbocycles. The van der Waals surface area contributed by atoms with Gasteiger partial charge < -0.3 is 19.9 Å². The summed E-state index contributed by atoms with van der Waals surface area (Å²) in [5.41, 5.74) is 0.929. The van der Waals surface area contributed by atoms with Gasteiger partial charge >= 0.3 is 0 Å². The van der Waals surface area contributed by atoms with E-state index in [4.69, 9.17) is 9.47 Å². The van der Waals surface area contributed by atoms with Crippen molar-refractivity contribution < 1.29 is 14.6 Å². The molecule has 0 spiro atoms. The molecular formula is C14H23NO3. The molecule has 0 amide bonds. The van der Waals surface area contributed by atoms with Crippen LogP contribution in [0.4, 0.5) is 0 Å². The van der Waals surface area contributed by atoms with Gasteiger partial charge in [0.2, 0.25) is 0 Å². The molecule has 0 heterocycles. The molecule has 1 unspecified atom stereocenters. The Morgan fingerprint density at radius 1 is 1.22 bits per heavy atom. The summed E-state index contributed by atoms with van der Waals surface area (Å²) >= 11 is 0. The minimum Gasteiger partial charge on any atom is -0.508 e. The van der Waals surface area contributed by atoms with E-state index >= 15 is 0 Å². The van der Waals surface area contributed by atoms with Crippen molar-refractivity contribution in [2.24, 2.45) is 0 Å². The van der Waals surface area contributed by atoms with Crippen LogP contribution in [-0.4, -0.2) is 38.6 Å². The van der Waals surface area contributed by atoms with Crippen LogP contribution in [-0.2, 0) is 9.47 Å². The lowest BCUT2D eigenvalue weighted by Crippen LogP contribution is -2.21. The zero-order valence-corrected chi connectivity index (χ0v) is 11.2. The number of hydrogen-bond acceptors (Lipinski definition) is 4. The van der Waals surface area contributed by atoms with Crippen LogP contribution in [0.1, 0.15) is 24.9 Å². The van der Waals surface area contributed by atoms with Crippen molar-refractivity contribution >= 4 is 0 Å². The van der Waals surface area contributed by atoms with Gasteiger partial charge in [0.15, 0.2) is 0 Å². The highest BCUT2D eigenvalue weighted by Crippen LogP contribution is 2.22. The molecule has 0 aromatic heterocycles. The molecule has 0 saturated carbocycles. The summed E-state index contributed by atoms with van der Waals surface area (Å²) in [6, 6.07) is 7.55. The van der Waals surface area contributed by atoms with Crippen LogP contribution < -0.4 is 5.32 Å². The predicted octanol–water partition coefficient (Wildman–Crippen LogP) is 2.10. The van der Waals surface area contributed by atoms with Gasteiger partial charge in [0.1, 0.15) is 5.75 Å². The second-order valence-electron chi connectivity index (χ2n) is 4.19. The standard InChI is InChI=1S/C14H23NO3/c1-12(13-6-3-4-7-14(13)16)15-8-5-9-18-11-10-17-2/h3-4,6-7,12,15-16H,5,8-11H2,1-2H3. The van der Waals surface area contributed by atoms with E-state index in [-0.39, 0.29) is 6.04 Å². The highest BCUT2D eigenvalue weighted by molar-refractivity contribution is 5.33. The van der Waals surface area contributed by atoms with Crippen LogP contribution in [0.3, 0.4) is 0 Å². The van der Waals surface area contributed by atoms with Gasteiger partial charge in [-0.25, -0.2) is 0 Å². The molecule has 0 radical (unpaired) electrons. The number of ether oxygens (including phenoxy) is 2. The Kier molecular flexibility index (Phi) is 7.41. The van der Waals surface area contributed by atoms with Crippen molar-refractivity contribution in [1.29, 1.82) is 0 Å². The number of para-hydroxylation sites is 1. The fourth-order valence-corrected chi connectivity index (χ4v) is 1.70. The lowest BCUT2D eigenvalue weighted by molar-refractivity contribution is 0.0693. The Morgan fingerprint density at radius 3 is 2.72 bits per heavy atom. The van der Waals surface area contributed by atoms with Crippen molar-refractivity contribution in [3.8, 4) is 5.75 Å². The SMILES string of the molecule is COCCOCCCNC(C)c1ccccc1O. The molecule has 0 fully saturated rings. The molecule has 18 heavy (non-hydrogen) atoms. The zero-order chi connectivity index (χ0) is 13.2. The summed E-state index contributed by atoms with van der Waals surface area (Å²) in [5.74, 6) is 0.342. The third kappa shape index (κ3) is 5.49. The third-order valence-electron chi connectivity index (χ3n) is 2.75. The molecule has 1 rings (SSSR count). The lowest BCUT2D eigenvalue weighted by Gasteiger charge is -2.15. The topological polar surface area (TPSA) is 50.7 Å². The molecule has 4 nitrogen and oxygen atoms in total. The number of benzene rings is 1. The van der Waals surface area contributed by atoms with Gasteiger partial charge in [-0.2, -0.15) is 0 Å². The smallest absolute Gasteiger partial charge is 0.120 e. The number of aromatic hydroxyl groups is 1. The molecule has 0 saturated heterocycles. The molecular weight excluding hydrogens is 230 g/mol. The van der Waals surface area contributed by atoms with Crippen LogP contribution in [0.2, 0.25) is 0 Å². The Balaban J connectivity index is 2.14. The summed E-state index contributed by atoms with van der Waals surface area (Å²) < 4.78 is 10.3. The second-order valence-corrected chi connectivity index (χ2v) is 4.19. The van der Waals surface area contributed by atoms with Crippen LogP contribution in [0.5, 0.6) is 5.75 Å². The molecule has 1 aromatic rings.